The number of imidazole rings is 1. The van der Waals surface area contributed by atoms with Crippen molar-refractivity contribution in [1.82, 2.24) is 24.7 Å². The van der Waals surface area contributed by atoms with Gasteiger partial charge in [0.2, 0.25) is 5.91 Å². The average molecular weight is 381 g/mol. The molecular weight excluding hydrogens is 354 g/mol. The first kappa shape index (κ1) is 18.5. The third-order valence-corrected chi connectivity index (χ3v) is 5.63. The lowest BCUT2D eigenvalue weighted by atomic mass is 10.1. The van der Waals surface area contributed by atoms with E-state index < -0.39 is 0 Å². The molecule has 1 N–H and O–H groups in total. The van der Waals surface area contributed by atoms with Crippen molar-refractivity contribution in [2.24, 2.45) is 0 Å². The van der Waals surface area contributed by atoms with Gasteiger partial charge < -0.3 is 19.7 Å². The van der Waals surface area contributed by atoms with Crippen LogP contribution in [0.15, 0.2) is 42.7 Å². The Labute approximate surface area is 165 Å². The van der Waals surface area contributed by atoms with Gasteiger partial charge in [-0.15, -0.1) is 0 Å². The molecule has 2 aliphatic heterocycles. The first-order chi connectivity index (χ1) is 13.7. The van der Waals surface area contributed by atoms with Gasteiger partial charge >= 0.3 is 6.03 Å². The number of aryl methyl sites for hydroxylation is 2. The summed E-state index contributed by atoms with van der Waals surface area (Å²) in [6, 6.07) is 10.2. The van der Waals surface area contributed by atoms with Gasteiger partial charge in [-0.25, -0.2) is 9.78 Å². The Morgan fingerprint density at radius 1 is 1.04 bits per heavy atom. The smallest absolute Gasteiger partial charge is 0.318 e. The predicted octanol–water partition coefficient (Wildman–Crippen LogP) is 2.20. The summed E-state index contributed by atoms with van der Waals surface area (Å²) >= 11 is 0. The van der Waals surface area contributed by atoms with Crippen molar-refractivity contribution >= 4 is 11.9 Å². The fourth-order valence-corrected chi connectivity index (χ4v) is 4.00. The zero-order chi connectivity index (χ0) is 19.3. The van der Waals surface area contributed by atoms with E-state index in [0.717, 1.165) is 31.6 Å². The van der Waals surface area contributed by atoms with Crippen LogP contribution in [0, 0.1) is 0 Å². The summed E-state index contributed by atoms with van der Waals surface area (Å²) in [7, 11) is 0. The molecule has 1 saturated heterocycles. The summed E-state index contributed by atoms with van der Waals surface area (Å²) in [5, 5.41) is 3.09. The Bertz CT molecular complexity index is 811. The number of fused-ring (bicyclic) bond motifs is 1. The molecule has 0 spiro atoms. The van der Waals surface area contributed by atoms with Crippen LogP contribution in [0.1, 0.15) is 36.7 Å². The number of benzene rings is 1. The zero-order valence-electron chi connectivity index (χ0n) is 16.1. The highest BCUT2D eigenvalue weighted by Gasteiger charge is 2.29. The molecule has 2 aliphatic rings. The molecule has 1 unspecified atom stereocenters. The number of rotatable bonds is 5. The van der Waals surface area contributed by atoms with E-state index in [2.05, 4.69) is 27.0 Å². The topological polar surface area (TPSA) is 70.5 Å². The lowest BCUT2D eigenvalue weighted by Crippen LogP contribution is -2.53. The van der Waals surface area contributed by atoms with E-state index in [0.29, 0.717) is 32.6 Å². The van der Waals surface area contributed by atoms with Crippen LogP contribution >= 0.6 is 0 Å². The van der Waals surface area contributed by atoms with Crippen LogP contribution in [0.25, 0.3) is 0 Å². The number of carbonyl (C=O) groups excluding carboxylic acids is 2. The van der Waals surface area contributed by atoms with E-state index in [4.69, 9.17) is 0 Å². The largest absolute Gasteiger partial charge is 0.339 e. The Hall–Kier alpha value is -2.83. The van der Waals surface area contributed by atoms with Gasteiger partial charge in [-0.1, -0.05) is 30.3 Å². The van der Waals surface area contributed by atoms with Crippen LogP contribution < -0.4 is 5.32 Å². The van der Waals surface area contributed by atoms with Crippen molar-refractivity contribution in [3.8, 4) is 0 Å². The van der Waals surface area contributed by atoms with Crippen LogP contribution in [-0.4, -0.2) is 57.5 Å². The van der Waals surface area contributed by atoms with Crippen LogP contribution in [0.4, 0.5) is 4.79 Å². The highest BCUT2D eigenvalue weighted by atomic mass is 16.2. The van der Waals surface area contributed by atoms with Gasteiger partial charge in [-0.2, -0.15) is 0 Å². The van der Waals surface area contributed by atoms with Crippen molar-refractivity contribution in [1.29, 1.82) is 0 Å². The number of nitrogens with one attached hydrogen (secondary N) is 1. The number of piperazine rings is 1. The van der Waals surface area contributed by atoms with E-state index >= 15 is 0 Å². The first-order valence-corrected chi connectivity index (χ1v) is 10.1. The number of hydrogen-bond acceptors (Lipinski definition) is 3. The highest BCUT2D eigenvalue weighted by molar-refractivity contribution is 5.78. The normalized spacial score (nSPS) is 18.8. The Morgan fingerprint density at radius 2 is 1.79 bits per heavy atom. The quantitative estimate of drug-likeness (QED) is 0.863. The van der Waals surface area contributed by atoms with Crippen LogP contribution in [-0.2, 0) is 17.8 Å². The van der Waals surface area contributed by atoms with Gasteiger partial charge in [0.15, 0.2) is 0 Å². The summed E-state index contributed by atoms with van der Waals surface area (Å²) < 4.78 is 2.08. The molecule has 0 bridgehead atoms. The summed E-state index contributed by atoms with van der Waals surface area (Å²) in [5.41, 5.74) is 1.27. The third kappa shape index (κ3) is 4.18. The number of amides is 3. The molecule has 3 amide bonds. The van der Waals surface area contributed by atoms with Gasteiger partial charge in [-0.3, -0.25) is 4.79 Å². The molecule has 1 atom stereocenters. The molecule has 28 heavy (non-hydrogen) atoms. The number of hydrogen-bond donors (Lipinski definition) is 1. The fraction of sp³-hybridized carbons (Fsp3) is 0.476. The lowest BCUT2D eigenvalue weighted by molar-refractivity contribution is -0.132. The number of urea groups is 1. The van der Waals surface area contributed by atoms with E-state index in [1.54, 1.807) is 11.1 Å². The van der Waals surface area contributed by atoms with Gasteiger partial charge in [0, 0.05) is 51.5 Å². The maximum Gasteiger partial charge on any atom is 0.318 e. The zero-order valence-corrected chi connectivity index (χ0v) is 16.1. The molecule has 0 saturated carbocycles. The van der Waals surface area contributed by atoms with Gasteiger partial charge in [0.25, 0.3) is 0 Å². The molecule has 0 aliphatic carbocycles. The molecule has 1 aromatic heterocycles. The molecular formula is C21H27N5O2. The highest BCUT2D eigenvalue weighted by Crippen LogP contribution is 2.23. The van der Waals surface area contributed by atoms with Gasteiger partial charge in [0.05, 0.1) is 6.04 Å². The summed E-state index contributed by atoms with van der Waals surface area (Å²) in [6.07, 6.45) is 6.95. The molecule has 2 aromatic rings. The van der Waals surface area contributed by atoms with E-state index in [-0.39, 0.29) is 18.0 Å². The average Bonchev–Trinajstić information content (AvgIpc) is 3.34. The molecule has 1 fully saturated rings. The van der Waals surface area contributed by atoms with E-state index in [1.807, 2.05) is 29.3 Å². The Balaban J connectivity index is 1.19. The molecule has 7 nitrogen and oxygen atoms in total. The van der Waals surface area contributed by atoms with Gasteiger partial charge in [0.1, 0.15) is 5.82 Å². The lowest BCUT2D eigenvalue weighted by Gasteiger charge is -2.35. The van der Waals surface area contributed by atoms with Gasteiger partial charge in [-0.05, 0) is 24.8 Å². The summed E-state index contributed by atoms with van der Waals surface area (Å²) in [6.45, 7) is 3.27. The van der Waals surface area contributed by atoms with Crippen molar-refractivity contribution in [2.75, 3.05) is 26.2 Å². The van der Waals surface area contributed by atoms with Crippen LogP contribution in [0.3, 0.4) is 0 Å². The Kier molecular flexibility index (Phi) is 5.60. The SMILES string of the molecule is O=C(CCCc1ccccc1)N1CCN(C(=O)NC2CCn3ccnc32)CC1. The monoisotopic (exact) mass is 381 g/mol. The summed E-state index contributed by atoms with van der Waals surface area (Å²) in [4.78, 5) is 33.0. The van der Waals surface area contributed by atoms with E-state index in [9.17, 15) is 9.59 Å². The van der Waals surface area contributed by atoms with Crippen LogP contribution in [0.2, 0.25) is 0 Å². The summed E-state index contributed by atoms with van der Waals surface area (Å²) in [5.74, 6) is 1.12. The van der Waals surface area contributed by atoms with Crippen LogP contribution in [0.5, 0.6) is 0 Å². The molecule has 0 radical (unpaired) electrons. The molecule has 148 valence electrons. The van der Waals surface area contributed by atoms with Crippen molar-refractivity contribution in [3.05, 3.63) is 54.1 Å². The van der Waals surface area contributed by atoms with Crippen molar-refractivity contribution in [3.63, 3.8) is 0 Å². The minimum atomic E-state index is -0.0578. The van der Waals surface area contributed by atoms with Crippen molar-refractivity contribution < 1.29 is 9.59 Å². The predicted molar refractivity (Wildman–Crippen MR) is 106 cm³/mol. The number of carbonyl (C=O) groups is 2. The Morgan fingerprint density at radius 3 is 2.57 bits per heavy atom. The maximum absolute atomic E-state index is 12.6. The minimum absolute atomic E-state index is 0.0138. The molecule has 3 heterocycles. The number of nitrogens with zero attached hydrogens (tertiary/aromatic N) is 4. The maximum atomic E-state index is 12.6. The second kappa shape index (κ2) is 8.46. The van der Waals surface area contributed by atoms with Crippen molar-refractivity contribution in [2.45, 2.75) is 38.3 Å². The second-order valence-electron chi connectivity index (χ2n) is 7.48. The molecule has 4 rings (SSSR count). The van der Waals surface area contributed by atoms with E-state index in [1.165, 1.54) is 5.56 Å². The number of aromatic nitrogens is 2. The standard InChI is InChI=1S/C21H27N5O2/c27-19(8-4-7-17-5-2-1-3-6-17)24-13-15-26(16-14-24)21(28)23-18-9-11-25-12-10-22-20(18)25/h1-3,5-6,10,12,18H,4,7-9,11,13-16H2,(H,23,28). The first-order valence-electron chi connectivity index (χ1n) is 10.1. The minimum Gasteiger partial charge on any atom is -0.339 e. The molecule has 7 heteroatoms. The second-order valence-corrected chi connectivity index (χ2v) is 7.48. The fourth-order valence-electron chi connectivity index (χ4n) is 4.00. The third-order valence-electron chi connectivity index (χ3n) is 5.63. The molecule has 1 aromatic carbocycles.